The Morgan fingerprint density at radius 3 is 1.54 bits per heavy atom. The summed E-state index contributed by atoms with van der Waals surface area (Å²) in [5.41, 5.74) is 7.21. The van der Waals surface area contributed by atoms with E-state index in [0.717, 1.165) is 0 Å². The third kappa shape index (κ3) is 2.83. The van der Waals surface area contributed by atoms with Gasteiger partial charge in [-0.2, -0.15) is 0 Å². The average molecular weight is 373 g/mol. The van der Waals surface area contributed by atoms with Crippen molar-refractivity contribution in [2.45, 2.75) is 0 Å². The fourth-order valence-corrected chi connectivity index (χ4v) is 4.56. The number of rotatable bonds is 4. The Balaban J connectivity index is 1.48. The van der Waals surface area contributed by atoms with Crippen molar-refractivity contribution in [2.75, 3.05) is 0 Å². The Morgan fingerprint density at radius 1 is 0.538 bits per heavy atom. The van der Waals surface area contributed by atoms with Gasteiger partial charge in [-0.15, -0.1) is 22.7 Å². The summed E-state index contributed by atoms with van der Waals surface area (Å²) < 4.78 is 0. The van der Waals surface area contributed by atoms with Gasteiger partial charge in [-0.25, -0.2) is 0 Å². The Bertz CT molecular complexity index is 1040. The summed E-state index contributed by atoms with van der Waals surface area (Å²) in [5.74, 6) is 0. The summed E-state index contributed by atoms with van der Waals surface area (Å²) in [7, 11) is 0. The van der Waals surface area contributed by atoms with Crippen molar-refractivity contribution in [2.24, 2.45) is 0 Å². The van der Waals surface area contributed by atoms with E-state index in [4.69, 9.17) is 0 Å². The Hall–Kier alpha value is -2.82. The number of aromatic nitrogens is 2. The van der Waals surface area contributed by atoms with Crippen molar-refractivity contribution < 1.29 is 0 Å². The normalized spacial score (nSPS) is 11.1. The fourth-order valence-electron chi connectivity index (χ4n) is 3.15. The zero-order valence-corrected chi connectivity index (χ0v) is 15.5. The molecule has 5 rings (SSSR count). The predicted molar refractivity (Wildman–Crippen MR) is 113 cm³/mol. The molecule has 0 aliphatic carbocycles. The summed E-state index contributed by atoms with van der Waals surface area (Å²) in [4.78, 5) is 9.31. The van der Waals surface area contributed by atoms with Crippen LogP contribution in [-0.2, 0) is 0 Å². The molecule has 4 heterocycles. The molecule has 4 heteroatoms. The number of hydrogen-bond acceptors (Lipinski definition) is 2. The lowest BCUT2D eigenvalue weighted by molar-refractivity contribution is 1.42. The zero-order chi connectivity index (χ0) is 17.3. The van der Waals surface area contributed by atoms with Crippen molar-refractivity contribution >= 4 is 22.7 Å². The van der Waals surface area contributed by atoms with Gasteiger partial charge in [-0.1, -0.05) is 30.3 Å². The van der Waals surface area contributed by atoms with Crippen LogP contribution in [0.3, 0.4) is 0 Å². The van der Waals surface area contributed by atoms with E-state index in [1.165, 1.54) is 43.4 Å². The second-order valence-corrected chi connectivity index (χ2v) is 8.03. The van der Waals surface area contributed by atoms with Crippen LogP contribution < -0.4 is 0 Å². The van der Waals surface area contributed by atoms with E-state index in [2.05, 4.69) is 93.8 Å². The third-order valence-electron chi connectivity index (χ3n) is 4.47. The van der Waals surface area contributed by atoms with Crippen molar-refractivity contribution in [1.29, 1.82) is 0 Å². The highest BCUT2D eigenvalue weighted by Crippen LogP contribution is 2.33. The standard InChI is InChI=1S/C22H16N2S2/c1-4-15(17-11-19(23-13-17)21-6-2-8-25-21)10-16(5-1)18-12-20(24-14-18)22-7-3-9-26-22/h1-14,23-24H. The molecule has 0 radical (unpaired) electrons. The smallest absolute Gasteiger partial charge is 0.0561 e. The molecule has 0 spiro atoms. The molecule has 0 aliphatic heterocycles. The predicted octanol–water partition coefficient (Wildman–Crippen LogP) is 7.13. The molecule has 2 nitrogen and oxygen atoms in total. The highest BCUT2D eigenvalue weighted by atomic mass is 32.1. The van der Waals surface area contributed by atoms with Crippen LogP contribution in [0, 0.1) is 0 Å². The van der Waals surface area contributed by atoms with Crippen LogP contribution in [0.4, 0.5) is 0 Å². The van der Waals surface area contributed by atoms with Gasteiger partial charge < -0.3 is 9.97 Å². The molecule has 0 amide bonds. The lowest BCUT2D eigenvalue weighted by atomic mass is 10.0. The van der Waals surface area contributed by atoms with Crippen molar-refractivity contribution in [3.63, 3.8) is 0 Å². The van der Waals surface area contributed by atoms with Gasteiger partial charge in [0, 0.05) is 12.4 Å². The summed E-state index contributed by atoms with van der Waals surface area (Å²) in [6.45, 7) is 0. The molecule has 0 bridgehead atoms. The van der Waals surface area contributed by atoms with Gasteiger partial charge in [0.05, 0.1) is 21.1 Å². The van der Waals surface area contributed by atoms with Gasteiger partial charge in [0.1, 0.15) is 0 Å². The third-order valence-corrected chi connectivity index (χ3v) is 6.27. The number of aromatic amines is 2. The summed E-state index contributed by atoms with van der Waals surface area (Å²) in [5, 5.41) is 4.21. The minimum Gasteiger partial charge on any atom is -0.360 e. The van der Waals surface area contributed by atoms with Crippen LogP contribution >= 0.6 is 22.7 Å². The highest BCUT2D eigenvalue weighted by molar-refractivity contribution is 7.13. The van der Waals surface area contributed by atoms with Crippen molar-refractivity contribution in [3.05, 3.63) is 83.8 Å². The van der Waals surface area contributed by atoms with Crippen LogP contribution in [0.1, 0.15) is 0 Å². The van der Waals surface area contributed by atoms with Gasteiger partial charge in [0.25, 0.3) is 0 Å². The number of hydrogen-bond donors (Lipinski definition) is 2. The minimum atomic E-state index is 1.17. The molecule has 0 aliphatic rings. The highest BCUT2D eigenvalue weighted by Gasteiger charge is 2.08. The quantitative estimate of drug-likeness (QED) is 0.336. The molecule has 126 valence electrons. The largest absolute Gasteiger partial charge is 0.360 e. The minimum absolute atomic E-state index is 1.17. The van der Waals surface area contributed by atoms with Gasteiger partial charge in [0.2, 0.25) is 0 Å². The van der Waals surface area contributed by atoms with Crippen LogP contribution in [0.2, 0.25) is 0 Å². The first-order chi connectivity index (χ1) is 12.9. The fraction of sp³-hybridized carbons (Fsp3) is 0. The molecule has 0 fully saturated rings. The SMILES string of the molecule is c1cc(-c2c[nH]c(-c3cccs3)c2)cc(-c2c[nH]c(-c3cccs3)c2)c1. The number of benzene rings is 1. The van der Waals surface area contributed by atoms with Crippen LogP contribution in [0.5, 0.6) is 0 Å². The maximum atomic E-state index is 3.39. The number of nitrogens with one attached hydrogen (secondary N) is 2. The summed E-state index contributed by atoms with van der Waals surface area (Å²) in [6, 6.07) is 21.6. The lowest BCUT2D eigenvalue weighted by Gasteiger charge is -2.02. The van der Waals surface area contributed by atoms with E-state index in [1.54, 1.807) is 22.7 Å². The Labute approximate surface area is 159 Å². The molecular formula is C22H16N2S2. The average Bonchev–Trinajstić information content (AvgIpc) is 3.49. The first-order valence-corrected chi connectivity index (χ1v) is 10.2. The van der Waals surface area contributed by atoms with Crippen LogP contribution in [0.25, 0.3) is 43.4 Å². The monoisotopic (exact) mass is 372 g/mol. The molecule has 0 saturated carbocycles. The maximum Gasteiger partial charge on any atom is 0.0561 e. The van der Waals surface area contributed by atoms with E-state index in [-0.39, 0.29) is 0 Å². The lowest BCUT2D eigenvalue weighted by Crippen LogP contribution is -1.77. The molecule has 0 atom stereocenters. The molecular weight excluding hydrogens is 356 g/mol. The number of H-pyrrole nitrogens is 2. The molecule has 4 aromatic heterocycles. The first kappa shape index (κ1) is 15.4. The van der Waals surface area contributed by atoms with E-state index >= 15 is 0 Å². The first-order valence-electron chi connectivity index (χ1n) is 8.42. The Morgan fingerprint density at radius 2 is 1.08 bits per heavy atom. The van der Waals surface area contributed by atoms with Crippen molar-refractivity contribution in [1.82, 2.24) is 9.97 Å². The van der Waals surface area contributed by atoms with Gasteiger partial charge in [0.15, 0.2) is 0 Å². The molecule has 26 heavy (non-hydrogen) atoms. The van der Waals surface area contributed by atoms with Crippen LogP contribution in [-0.4, -0.2) is 9.97 Å². The molecule has 0 unspecified atom stereocenters. The van der Waals surface area contributed by atoms with Gasteiger partial charge in [-0.05, 0) is 63.3 Å². The Kier molecular flexibility index (Phi) is 3.85. The van der Waals surface area contributed by atoms with Crippen molar-refractivity contribution in [3.8, 4) is 43.4 Å². The second-order valence-electron chi connectivity index (χ2n) is 6.14. The molecule has 0 saturated heterocycles. The molecule has 2 N–H and O–H groups in total. The van der Waals surface area contributed by atoms with Gasteiger partial charge in [-0.3, -0.25) is 0 Å². The zero-order valence-electron chi connectivity index (χ0n) is 13.9. The van der Waals surface area contributed by atoms with E-state index < -0.39 is 0 Å². The van der Waals surface area contributed by atoms with Gasteiger partial charge >= 0.3 is 0 Å². The van der Waals surface area contributed by atoms with E-state index in [0.29, 0.717) is 0 Å². The van der Waals surface area contributed by atoms with E-state index in [9.17, 15) is 0 Å². The second kappa shape index (κ2) is 6.48. The maximum absolute atomic E-state index is 3.39. The molecule has 1 aromatic carbocycles. The topological polar surface area (TPSA) is 31.6 Å². The number of thiophene rings is 2. The summed E-state index contributed by atoms with van der Waals surface area (Å²) in [6.07, 6.45) is 4.17. The van der Waals surface area contributed by atoms with E-state index in [1.807, 2.05) is 0 Å². The molecule has 5 aromatic rings. The summed E-state index contributed by atoms with van der Waals surface area (Å²) >= 11 is 3.50. The van der Waals surface area contributed by atoms with Crippen LogP contribution in [0.15, 0.2) is 83.8 Å².